The number of nitrogens with one attached hydrogen (secondary N) is 2. The number of hydrogen-bond acceptors (Lipinski definition) is 3. The fraction of sp³-hybridized carbons (Fsp3) is 0.562. The van der Waals surface area contributed by atoms with Crippen LogP contribution in [0.1, 0.15) is 38.7 Å². The SMILES string of the molecule is CC(C)NCc1ccc(OC2CCCCNC2=O)c(F)c1. The smallest absolute Gasteiger partial charge is 0.261 e. The van der Waals surface area contributed by atoms with E-state index in [2.05, 4.69) is 10.6 Å². The monoisotopic (exact) mass is 294 g/mol. The molecule has 0 saturated carbocycles. The number of halogens is 1. The topological polar surface area (TPSA) is 50.4 Å². The summed E-state index contributed by atoms with van der Waals surface area (Å²) in [5, 5.41) is 6.02. The van der Waals surface area contributed by atoms with Gasteiger partial charge in [-0.05, 0) is 37.0 Å². The summed E-state index contributed by atoms with van der Waals surface area (Å²) in [5.74, 6) is -0.432. The first-order valence-corrected chi connectivity index (χ1v) is 7.52. The predicted octanol–water partition coefficient (Wildman–Crippen LogP) is 2.37. The van der Waals surface area contributed by atoms with Crippen LogP contribution in [0.25, 0.3) is 0 Å². The Bertz CT molecular complexity index is 491. The number of carbonyl (C=O) groups excluding carboxylic acids is 1. The molecule has 0 radical (unpaired) electrons. The molecule has 5 heteroatoms. The van der Waals surface area contributed by atoms with E-state index in [4.69, 9.17) is 4.74 Å². The van der Waals surface area contributed by atoms with E-state index in [1.165, 1.54) is 6.07 Å². The number of rotatable bonds is 5. The lowest BCUT2D eigenvalue weighted by molar-refractivity contribution is -0.127. The molecule has 0 aliphatic carbocycles. The van der Waals surface area contributed by atoms with Crippen molar-refractivity contribution in [3.8, 4) is 5.75 Å². The molecule has 1 aromatic rings. The Morgan fingerprint density at radius 1 is 1.43 bits per heavy atom. The highest BCUT2D eigenvalue weighted by molar-refractivity contribution is 5.81. The van der Waals surface area contributed by atoms with Crippen molar-refractivity contribution in [3.05, 3.63) is 29.6 Å². The number of amides is 1. The van der Waals surface area contributed by atoms with Gasteiger partial charge in [0.05, 0.1) is 0 Å². The Balaban J connectivity index is 2.01. The van der Waals surface area contributed by atoms with Crippen LogP contribution >= 0.6 is 0 Å². The molecule has 0 aromatic heterocycles. The molecule has 1 atom stereocenters. The Hall–Kier alpha value is -1.62. The van der Waals surface area contributed by atoms with Gasteiger partial charge >= 0.3 is 0 Å². The van der Waals surface area contributed by atoms with Crippen molar-refractivity contribution < 1.29 is 13.9 Å². The van der Waals surface area contributed by atoms with E-state index >= 15 is 0 Å². The fourth-order valence-electron chi connectivity index (χ4n) is 2.25. The average molecular weight is 294 g/mol. The Morgan fingerprint density at radius 2 is 2.24 bits per heavy atom. The first-order valence-electron chi connectivity index (χ1n) is 7.52. The molecule has 1 aromatic carbocycles. The lowest BCUT2D eigenvalue weighted by atomic mass is 10.1. The predicted molar refractivity (Wildman–Crippen MR) is 79.7 cm³/mol. The second-order valence-electron chi connectivity index (χ2n) is 5.69. The van der Waals surface area contributed by atoms with Crippen molar-refractivity contribution in [3.63, 3.8) is 0 Å². The summed E-state index contributed by atoms with van der Waals surface area (Å²) in [5.41, 5.74) is 0.860. The van der Waals surface area contributed by atoms with Crippen molar-refractivity contribution in [1.82, 2.24) is 10.6 Å². The van der Waals surface area contributed by atoms with E-state index in [1.54, 1.807) is 6.07 Å². The first-order chi connectivity index (χ1) is 10.1. The van der Waals surface area contributed by atoms with E-state index in [0.717, 1.165) is 18.4 Å². The molecule has 1 fully saturated rings. The maximum atomic E-state index is 14.1. The first kappa shape index (κ1) is 15.8. The molecule has 1 aliphatic rings. The minimum Gasteiger partial charge on any atom is -0.478 e. The van der Waals surface area contributed by atoms with Crippen molar-refractivity contribution in [2.24, 2.45) is 0 Å². The van der Waals surface area contributed by atoms with Crippen LogP contribution in [0.4, 0.5) is 4.39 Å². The van der Waals surface area contributed by atoms with Crippen LogP contribution in [-0.4, -0.2) is 24.6 Å². The van der Waals surface area contributed by atoms with Gasteiger partial charge in [-0.3, -0.25) is 4.79 Å². The Morgan fingerprint density at radius 3 is 2.95 bits per heavy atom. The molecule has 1 heterocycles. The van der Waals surface area contributed by atoms with E-state index in [1.807, 2.05) is 19.9 Å². The van der Waals surface area contributed by atoms with Crippen molar-refractivity contribution in [1.29, 1.82) is 0 Å². The summed E-state index contributed by atoms with van der Waals surface area (Å²) in [6.45, 7) is 5.36. The molecule has 2 rings (SSSR count). The summed E-state index contributed by atoms with van der Waals surface area (Å²) in [6.07, 6.45) is 1.87. The highest BCUT2D eigenvalue weighted by atomic mass is 19.1. The highest BCUT2D eigenvalue weighted by Crippen LogP contribution is 2.22. The van der Waals surface area contributed by atoms with Crippen LogP contribution in [0.5, 0.6) is 5.75 Å². The summed E-state index contributed by atoms with van der Waals surface area (Å²) in [6, 6.07) is 5.23. The highest BCUT2D eigenvalue weighted by Gasteiger charge is 2.23. The third kappa shape index (κ3) is 4.70. The van der Waals surface area contributed by atoms with Crippen LogP contribution in [0.3, 0.4) is 0 Å². The Labute approximate surface area is 125 Å². The third-order valence-electron chi connectivity index (χ3n) is 3.46. The second-order valence-corrected chi connectivity index (χ2v) is 5.69. The zero-order chi connectivity index (χ0) is 15.2. The average Bonchev–Trinajstić information content (AvgIpc) is 2.64. The lowest BCUT2D eigenvalue weighted by Crippen LogP contribution is -2.36. The van der Waals surface area contributed by atoms with Gasteiger partial charge in [0.25, 0.3) is 5.91 Å². The molecular formula is C16H23FN2O2. The van der Waals surface area contributed by atoms with E-state index in [0.29, 0.717) is 25.6 Å². The zero-order valence-corrected chi connectivity index (χ0v) is 12.6. The fourth-order valence-corrected chi connectivity index (χ4v) is 2.25. The molecule has 0 spiro atoms. The second kappa shape index (κ2) is 7.41. The molecule has 2 N–H and O–H groups in total. The number of carbonyl (C=O) groups is 1. The van der Waals surface area contributed by atoms with Crippen LogP contribution in [0.15, 0.2) is 18.2 Å². The van der Waals surface area contributed by atoms with Gasteiger partial charge in [-0.2, -0.15) is 0 Å². The number of benzene rings is 1. The van der Waals surface area contributed by atoms with Gasteiger partial charge in [-0.1, -0.05) is 19.9 Å². The van der Waals surface area contributed by atoms with Crippen LogP contribution in [0, 0.1) is 5.82 Å². The number of ether oxygens (including phenoxy) is 1. The van der Waals surface area contributed by atoms with E-state index in [9.17, 15) is 9.18 Å². The molecule has 21 heavy (non-hydrogen) atoms. The van der Waals surface area contributed by atoms with Gasteiger partial charge in [-0.15, -0.1) is 0 Å². The van der Waals surface area contributed by atoms with Gasteiger partial charge in [0.1, 0.15) is 0 Å². The van der Waals surface area contributed by atoms with Gasteiger partial charge < -0.3 is 15.4 Å². The normalized spacial score (nSPS) is 19.2. The minimum atomic E-state index is -0.596. The lowest BCUT2D eigenvalue weighted by Gasteiger charge is -2.17. The van der Waals surface area contributed by atoms with E-state index < -0.39 is 11.9 Å². The third-order valence-corrected chi connectivity index (χ3v) is 3.46. The van der Waals surface area contributed by atoms with Crippen LogP contribution < -0.4 is 15.4 Å². The van der Waals surface area contributed by atoms with Gasteiger partial charge in [0, 0.05) is 19.1 Å². The number of hydrogen-bond donors (Lipinski definition) is 2. The molecular weight excluding hydrogens is 271 g/mol. The summed E-state index contributed by atoms with van der Waals surface area (Å²) >= 11 is 0. The minimum absolute atomic E-state index is 0.144. The van der Waals surface area contributed by atoms with Gasteiger partial charge in [0.15, 0.2) is 17.7 Å². The van der Waals surface area contributed by atoms with Crippen LogP contribution in [0.2, 0.25) is 0 Å². The van der Waals surface area contributed by atoms with Gasteiger partial charge in [-0.25, -0.2) is 4.39 Å². The summed E-state index contributed by atoms with van der Waals surface area (Å²) in [7, 11) is 0. The molecule has 116 valence electrons. The van der Waals surface area contributed by atoms with Crippen LogP contribution in [-0.2, 0) is 11.3 Å². The molecule has 4 nitrogen and oxygen atoms in total. The molecule has 1 unspecified atom stereocenters. The van der Waals surface area contributed by atoms with Crippen molar-refractivity contribution >= 4 is 5.91 Å². The summed E-state index contributed by atoms with van der Waals surface area (Å²) in [4.78, 5) is 11.8. The largest absolute Gasteiger partial charge is 0.478 e. The standard InChI is InChI=1S/C16H23FN2O2/c1-11(2)19-10-12-6-7-14(13(17)9-12)21-15-5-3-4-8-18-16(15)20/h6-7,9,11,15,19H,3-5,8,10H2,1-2H3,(H,18,20). The molecule has 1 aliphatic heterocycles. The quantitative estimate of drug-likeness (QED) is 0.876. The summed E-state index contributed by atoms with van der Waals surface area (Å²) < 4.78 is 19.6. The zero-order valence-electron chi connectivity index (χ0n) is 12.6. The molecule has 0 bridgehead atoms. The van der Waals surface area contributed by atoms with E-state index in [-0.39, 0.29) is 11.7 Å². The maximum absolute atomic E-state index is 14.1. The molecule has 1 amide bonds. The molecule has 1 saturated heterocycles. The van der Waals surface area contributed by atoms with Crippen molar-refractivity contribution in [2.75, 3.05) is 6.54 Å². The Kier molecular flexibility index (Phi) is 5.56. The maximum Gasteiger partial charge on any atom is 0.261 e. The van der Waals surface area contributed by atoms with Gasteiger partial charge in [0.2, 0.25) is 0 Å². The van der Waals surface area contributed by atoms with Crippen molar-refractivity contribution in [2.45, 2.75) is 51.8 Å².